The van der Waals surface area contributed by atoms with Gasteiger partial charge in [0.05, 0.1) is 16.8 Å². The molecule has 0 aliphatic heterocycles. The van der Waals surface area contributed by atoms with Gasteiger partial charge in [-0.25, -0.2) is 4.98 Å². The lowest BCUT2D eigenvalue weighted by Gasteiger charge is -2.11. The Bertz CT molecular complexity index is 1400. The topological polar surface area (TPSA) is 85.6 Å². The minimum absolute atomic E-state index is 0.187. The van der Waals surface area contributed by atoms with Crippen molar-refractivity contribution in [2.75, 3.05) is 5.32 Å². The number of hydrogen-bond acceptors (Lipinski definition) is 6. The quantitative estimate of drug-likeness (QED) is 0.423. The molecule has 5 aromatic rings. The predicted octanol–water partition coefficient (Wildman–Crippen LogP) is 4.83. The van der Waals surface area contributed by atoms with Crippen LogP contribution in [0.1, 0.15) is 10.4 Å². The first-order valence-corrected chi connectivity index (χ1v) is 10.7. The largest absolute Gasteiger partial charge is 0.322 e. The van der Waals surface area contributed by atoms with Gasteiger partial charge in [0.25, 0.3) is 5.91 Å². The first-order valence-electron chi connectivity index (χ1n) is 9.91. The first kappa shape index (κ1) is 19.9. The maximum Gasteiger partial charge on any atom is 0.256 e. The lowest BCUT2D eigenvalue weighted by Crippen LogP contribution is -2.13. The fourth-order valence-corrected chi connectivity index (χ4v) is 4.07. The normalized spacial score (nSPS) is 10.9. The second-order valence-corrected chi connectivity index (χ2v) is 8.15. The number of fused-ring (bicyclic) bond motifs is 1. The van der Waals surface area contributed by atoms with E-state index >= 15 is 0 Å². The van der Waals surface area contributed by atoms with Gasteiger partial charge in [0.15, 0.2) is 5.16 Å². The lowest BCUT2D eigenvalue weighted by atomic mass is 10.0. The van der Waals surface area contributed by atoms with Gasteiger partial charge in [-0.2, -0.15) is 0 Å². The van der Waals surface area contributed by atoms with Crippen LogP contribution in [0.3, 0.4) is 0 Å². The van der Waals surface area contributed by atoms with E-state index in [1.807, 2.05) is 78.3 Å². The van der Waals surface area contributed by atoms with Gasteiger partial charge < -0.3 is 9.88 Å². The van der Waals surface area contributed by atoms with Gasteiger partial charge in [-0.1, -0.05) is 18.2 Å². The number of amides is 1. The fraction of sp³-hybridized carbons (Fsp3) is 0.0417. The maximum atomic E-state index is 13.2. The predicted molar refractivity (Wildman–Crippen MR) is 124 cm³/mol. The summed E-state index contributed by atoms with van der Waals surface area (Å²) in [5.41, 5.74) is 3.68. The van der Waals surface area contributed by atoms with E-state index in [4.69, 9.17) is 4.98 Å². The van der Waals surface area contributed by atoms with Crippen molar-refractivity contribution in [1.29, 1.82) is 0 Å². The summed E-state index contributed by atoms with van der Waals surface area (Å²) in [4.78, 5) is 23.0. The second-order valence-electron chi connectivity index (χ2n) is 7.11. The molecule has 0 aliphatic rings. The van der Waals surface area contributed by atoms with Crippen molar-refractivity contribution in [3.05, 3.63) is 91.0 Å². The van der Waals surface area contributed by atoms with E-state index in [0.29, 0.717) is 11.3 Å². The summed E-state index contributed by atoms with van der Waals surface area (Å²) in [7, 11) is 1.90. The van der Waals surface area contributed by atoms with Crippen molar-refractivity contribution >= 4 is 34.3 Å². The second kappa shape index (κ2) is 8.60. The van der Waals surface area contributed by atoms with E-state index in [9.17, 15) is 4.79 Å². The number of carbonyl (C=O) groups is 1. The summed E-state index contributed by atoms with van der Waals surface area (Å²) in [6.45, 7) is 0. The molecule has 5 rings (SSSR count). The molecule has 1 amide bonds. The number of nitrogens with zero attached hydrogens (tertiary/aromatic N) is 5. The van der Waals surface area contributed by atoms with E-state index in [-0.39, 0.29) is 5.91 Å². The third-order valence-electron chi connectivity index (χ3n) is 4.93. The average Bonchev–Trinajstić information content (AvgIpc) is 3.24. The number of hydrogen-bond donors (Lipinski definition) is 1. The Morgan fingerprint density at radius 3 is 2.53 bits per heavy atom. The Morgan fingerprint density at radius 1 is 1.00 bits per heavy atom. The van der Waals surface area contributed by atoms with Crippen molar-refractivity contribution in [3.8, 4) is 11.3 Å². The molecule has 0 unspecified atom stereocenters. The molecule has 0 radical (unpaired) electrons. The number of nitrogens with one attached hydrogen (secondary N) is 1. The van der Waals surface area contributed by atoms with Crippen LogP contribution in [0, 0.1) is 0 Å². The number of aromatic nitrogens is 5. The van der Waals surface area contributed by atoms with E-state index in [0.717, 1.165) is 32.2 Å². The van der Waals surface area contributed by atoms with Crippen molar-refractivity contribution < 1.29 is 4.79 Å². The molecule has 0 atom stereocenters. The Morgan fingerprint density at radius 2 is 1.78 bits per heavy atom. The van der Waals surface area contributed by atoms with E-state index in [2.05, 4.69) is 20.5 Å². The lowest BCUT2D eigenvalue weighted by molar-refractivity contribution is 0.102. The van der Waals surface area contributed by atoms with Gasteiger partial charge in [-0.15, -0.1) is 10.2 Å². The highest BCUT2D eigenvalue weighted by Gasteiger charge is 2.14. The Hall–Kier alpha value is -4.04. The number of pyridine rings is 2. The fourth-order valence-electron chi connectivity index (χ4n) is 3.31. The van der Waals surface area contributed by atoms with Crippen LogP contribution in [0.15, 0.2) is 95.5 Å². The molecular formula is C24H18N6OS. The Kier molecular flexibility index (Phi) is 5.35. The molecule has 0 spiro atoms. The van der Waals surface area contributed by atoms with Crippen molar-refractivity contribution in [1.82, 2.24) is 24.7 Å². The third-order valence-corrected chi connectivity index (χ3v) is 5.99. The zero-order valence-electron chi connectivity index (χ0n) is 17.1. The highest BCUT2D eigenvalue weighted by molar-refractivity contribution is 7.99. The summed E-state index contributed by atoms with van der Waals surface area (Å²) >= 11 is 1.51. The van der Waals surface area contributed by atoms with Crippen LogP contribution < -0.4 is 5.32 Å². The summed E-state index contributed by atoms with van der Waals surface area (Å²) in [6.07, 6.45) is 5.09. The first-order chi connectivity index (χ1) is 15.7. The zero-order chi connectivity index (χ0) is 21.9. The van der Waals surface area contributed by atoms with E-state index in [1.54, 1.807) is 18.7 Å². The highest BCUT2D eigenvalue weighted by atomic mass is 32.2. The van der Waals surface area contributed by atoms with Crippen molar-refractivity contribution in [3.63, 3.8) is 0 Å². The monoisotopic (exact) mass is 438 g/mol. The Balaban J connectivity index is 1.43. The minimum Gasteiger partial charge on any atom is -0.322 e. The maximum absolute atomic E-state index is 13.2. The van der Waals surface area contributed by atoms with Gasteiger partial charge in [-0.05, 0) is 60.3 Å². The molecule has 0 aliphatic carbocycles. The molecule has 3 heterocycles. The van der Waals surface area contributed by atoms with Gasteiger partial charge in [0.2, 0.25) is 0 Å². The summed E-state index contributed by atoms with van der Waals surface area (Å²) in [5, 5.41) is 12.6. The van der Waals surface area contributed by atoms with Crippen LogP contribution in [0.2, 0.25) is 0 Å². The van der Waals surface area contributed by atoms with Crippen LogP contribution in [0.25, 0.3) is 22.2 Å². The summed E-state index contributed by atoms with van der Waals surface area (Å²) in [6, 6.07) is 20.9. The number of para-hydroxylation sites is 1. The van der Waals surface area contributed by atoms with E-state index < -0.39 is 0 Å². The molecule has 156 valence electrons. The third kappa shape index (κ3) is 4.08. The SMILES string of the molecule is Cn1cnnc1Sc1ccc(NC(=O)c2cc(-c3ccncc3)nc3ccccc23)cc1. The molecular weight excluding hydrogens is 420 g/mol. The van der Waals surface area contributed by atoms with Gasteiger partial charge in [0, 0.05) is 41.0 Å². The van der Waals surface area contributed by atoms with Crippen LogP contribution in [0.4, 0.5) is 5.69 Å². The molecule has 8 heteroatoms. The number of carbonyl (C=O) groups excluding carboxylic acids is 1. The minimum atomic E-state index is -0.187. The number of benzene rings is 2. The molecule has 0 saturated carbocycles. The van der Waals surface area contributed by atoms with Gasteiger partial charge in [-0.3, -0.25) is 9.78 Å². The standard InChI is InChI=1S/C24H18N6OS/c1-30-15-26-29-24(30)32-18-8-6-17(7-9-18)27-23(31)20-14-22(16-10-12-25-13-11-16)28-21-5-3-2-4-19(20)21/h2-15H,1H3,(H,27,31). The molecule has 32 heavy (non-hydrogen) atoms. The molecule has 1 N–H and O–H groups in total. The highest BCUT2D eigenvalue weighted by Crippen LogP contribution is 2.28. The smallest absolute Gasteiger partial charge is 0.256 e. The molecule has 0 saturated heterocycles. The van der Waals surface area contributed by atoms with Crippen LogP contribution >= 0.6 is 11.8 Å². The number of aryl methyl sites for hydroxylation is 1. The van der Waals surface area contributed by atoms with Gasteiger partial charge in [0.1, 0.15) is 6.33 Å². The molecule has 0 bridgehead atoms. The molecule has 0 fully saturated rings. The Labute approximate surface area is 188 Å². The molecule has 3 aromatic heterocycles. The number of anilines is 1. The van der Waals surface area contributed by atoms with Crippen molar-refractivity contribution in [2.24, 2.45) is 7.05 Å². The van der Waals surface area contributed by atoms with Crippen molar-refractivity contribution in [2.45, 2.75) is 10.1 Å². The number of rotatable bonds is 5. The summed E-state index contributed by atoms with van der Waals surface area (Å²) in [5.74, 6) is -0.187. The van der Waals surface area contributed by atoms with E-state index in [1.165, 1.54) is 11.8 Å². The zero-order valence-corrected chi connectivity index (χ0v) is 18.0. The van der Waals surface area contributed by atoms with Gasteiger partial charge >= 0.3 is 0 Å². The van der Waals surface area contributed by atoms with Crippen LogP contribution in [0.5, 0.6) is 0 Å². The van der Waals surface area contributed by atoms with Crippen LogP contribution in [-0.2, 0) is 7.05 Å². The average molecular weight is 439 g/mol. The summed E-state index contributed by atoms with van der Waals surface area (Å²) < 4.78 is 1.86. The molecule has 7 nitrogen and oxygen atoms in total. The van der Waals surface area contributed by atoms with Crippen LogP contribution in [-0.4, -0.2) is 30.6 Å². The molecule has 2 aromatic carbocycles.